The van der Waals surface area contributed by atoms with Gasteiger partial charge in [-0.15, -0.1) is 0 Å². The number of rotatable bonds is 7. The molecule has 1 fully saturated rings. The van der Waals surface area contributed by atoms with E-state index in [0.29, 0.717) is 25.2 Å². The third-order valence-corrected chi connectivity index (χ3v) is 5.47. The number of hydrogen-bond acceptors (Lipinski definition) is 4. The van der Waals surface area contributed by atoms with E-state index >= 15 is 0 Å². The highest BCUT2D eigenvalue weighted by molar-refractivity contribution is 9.10. The van der Waals surface area contributed by atoms with E-state index < -0.39 is 0 Å². The fourth-order valence-corrected chi connectivity index (χ4v) is 3.74. The Morgan fingerprint density at radius 1 is 0.967 bits per heavy atom. The highest BCUT2D eigenvalue weighted by Gasteiger charge is 2.11. The fraction of sp³-hybridized carbons (Fsp3) is 0.409. The van der Waals surface area contributed by atoms with Crippen LogP contribution in [0.2, 0.25) is 0 Å². The fourth-order valence-electron chi connectivity index (χ4n) is 3.34. The molecule has 1 aliphatic heterocycles. The number of benzene rings is 1. The number of hydrogen-bond donors (Lipinski definition) is 3. The third kappa shape index (κ3) is 7.02. The molecule has 160 valence electrons. The van der Waals surface area contributed by atoms with Crippen molar-refractivity contribution in [2.75, 3.05) is 31.1 Å². The first-order chi connectivity index (χ1) is 14.6. The minimum Gasteiger partial charge on any atom is -0.357 e. The van der Waals surface area contributed by atoms with Crippen LogP contribution in [0.1, 0.15) is 41.6 Å². The van der Waals surface area contributed by atoms with Crippen LogP contribution < -0.4 is 20.9 Å². The van der Waals surface area contributed by atoms with Gasteiger partial charge in [-0.2, -0.15) is 0 Å². The van der Waals surface area contributed by atoms with Crippen molar-refractivity contribution < 1.29 is 9.59 Å². The summed E-state index contributed by atoms with van der Waals surface area (Å²) in [6, 6.07) is 10.9. The van der Waals surface area contributed by atoms with Crippen molar-refractivity contribution in [1.82, 2.24) is 20.9 Å². The van der Waals surface area contributed by atoms with Gasteiger partial charge in [0.2, 0.25) is 0 Å². The molecular weight excluding hydrogens is 446 g/mol. The predicted molar refractivity (Wildman–Crippen MR) is 122 cm³/mol. The number of halogens is 1. The molecular formula is C22H28BrN5O2. The van der Waals surface area contributed by atoms with Crippen molar-refractivity contribution in [2.45, 2.75) is 32.2 Å². The number of amides is 3. The maximum atomic E-state index is 12.0. The number of aromatic nitrogens is 1. The van der Waals surface area contributed by atoms with Crippen LogP contribution in [0.15, 0.2) is 47.1 Å². The van der Waals surface area contributed by atoms with Gasteiger partial charge in [-0.3, -0.25) is 4.79 Å². The molecule has 0 spiro atoms. The Labute approximate surface area is 185 Å². The Morgan fingerprint density at radius 3 is 2.43 bits per heavy atom. The summed E-state index contributed by atoms with van der Waals surface area (Å²) in [5.74, 6) is 0.834. The van der Waals surface area contributed by atoms with Crippen LogP contribution >= 0.6 is 15.9 Å². The Bertz CT molecular complexity index is 836. The lowest BCUT2D eigenvalue weighted by atomic mass is 10.2. The smallest absolute Gasteiger partial charge is 0.315 e. The van der Waals surface area contributed by atoms with Gasteiger partial charge in [0, 0.05) is 49.0 Å². The molecule has 0 atom stereocenters. The summed E-state index contributed by atoms with van der Waals surface area (Å²) in [5.41, 5.74) is 1.52. The Morgan fingerprint density at radius 2 is 1.73 bits per heavy atom. The van der Waals surface area contributed by atoms with Crippen LogP contribution in [-0.4, -0.2) is 43.1 Å². The van der Waals surface area contributed by atoms with Crippen LogP contribution in [0, 0.1) is 0 Å². The number of carbonyl (C=O) groups is 2. The monoisotopic (exact) mass is 473 g/mol. The van der Waals surface area contributed by atoms with Crippen LogP contribution in [0.25, 0.3) is 0 Å². The van der Waals surface area contributed by atoms with Crippen molar-refractivity contribution in [2.24, 2.45) is 0 Å². The van der Waals surface area contributed by atoms with E-state index in [1.54, 1.807) is 18.2 Å². The SMILES string of the molecule is O=C(NCCNC(=O)c1cccc(Br)c1)NCc1ccc(N2CCCCCC2)nc1. The molecule has 3 amide bonds. The Balaban J connectivity index is 1.34. The van der Waals surface area contributed by atoms with E-state index in [0.717, 1.165) is 28.9 Å². The van der Waals surface area contributed by atoms with Gasteiger partial charge in [-0.25, -0.2) is 9.78 Å². The molecule has 2 aromatic rings. The molecule has 1 saturated heterocycles. The van der Waals surface area contributed by atoms with E-state index in [4.69, 9.17) is 0 Å². The third-order valence-electron chi connectivity index (χ3n) is 4.98. The Kier molecular flexibility index (Phi) is 8.50. The van der Waals surface area contributed by atoms with Crippen molar-refractivity contribution in [3.63, 3.8) is 0 Å². The summed E-state index contributed by atoms with van der Waals surface area (Å²) in [7, 11) is 0. The first-order valence-electron chi connectivity index (χ1n) is 10.4. The van der Waals surface area contributed by atoms with E-state index in [1.807, 2.05) is 24.4 Å². The normalized spacial score (nSPS) is 14.0. The standard InChI is InChI=1S/C22H28BrN5O2/c23-19-7-5-6-18(14-19)21(29)24-10-11-25-22(30)27-16-17-8-9-20(26-15-17)28-12-3-1-2-4-13-28/h5-9,14-15H,1-4,10-13,16H2,(H,24,29)(H2,25,27,30). The summed E-state index contributed by atoms with van der Waals surface area (Å²) >= 11 is 3.34. The Hall–Kier alpha value is -2.61. The van der Waals surface area contributed by atoms with Gasteiger partial charge < -0.3 is 20.9 Å². The van der Waals surface area contributed by atoms with E-state index in [-0.39, 0.29) is 11.9 Å². The number of urea groups is 1. The van der Waals surface area contributed by atoms with Crippen LogP contribution in [0.5, 0.6) is 0 Å². The molecule has 1 aliphatic rings. The maximum absolute atomic E-state index is 12.0. The summed E-state index contributed by atoms with van der Waals surface area (Å²) in [6.07, 6.45) is 6.84. The molecule has 1 aromatic heterocycles. The van der Waals surface area contributed by atoms with Gasteiger partial charge in [-0.1, -0.05) is 40.9 Å². The zero-order valence-electron chi connectivity index (χ0n) is 17.0. The number of pyridine rings is 1. The molecule has 7 nitrogen and oxygen atoms in total. The van der Waals surface area contributed by atoms with E-state index in [1.165, 1.54) is 25.7 Å². The number of nitrogens with one attached hydrogen (secondary N) is 3. The first-order valence-corrected chi connectivity index (χ1v) is 11.2. The zero-order valence-corrected chi connectivity index (χ0v) is 18.6. The quantitative estimate of drug-likeness (QED) is 0.537. The molecule has 0 saturated carbocycles. The summed E-state index contributed by atoms with van der Waals surface area (Å²) in [6.45, 7) is 3.22. The van der Waals surface area contributed by atoms with E-state index in [2.05, 4.69) is 41.8 Å². The number of nitrogens with zero attached hydrogens (tertiary/aromatic N) is 2. The molecule has 0 radical (unpaired) electrons. The minimum atomic E-state index is -0.275. The largest absolute Gasteiger partial charge is 0.357 e. The lowest BCUT2D eigenvalue weighted by Gasteiger charge is -2.21. The lowest BCUT2D eigenvalue weighted by molar-refractivity contribution is 0.0953. The lowest BCUT2D eigenvalue weighted by Crippen LogP contribution is -2.40. The van der Waals surface area contributed by atoms with Crippen molar-refractivity contribution >= 4 is 33.7 Å². The average molecular weight is 474 g/mol. The van der Waals surface area contributed by atoms with Gasteiger partial charge in [-0.05, 0) is 42.7 Å². The average Bonchev–Trinajstić information content (AvgIpc) is 3.05. The van der Waals surface area contributed by atoms with Crippen molar-refractivity contribution in [3.05, 3.63) is 58.2 Å². The zero-order chi connectivity index (χ0) is 21.2. The van der Waals surface area contributed by atoms with Gasteiger partial charge in [0.05, 0.1) is 0 Å². The van der Waals surface area contributed by atoms with Gasteiger partial charge in [0.15, 0.2) is 0 Å². The van der Waals surface area contributed by atoms with Gasteiger partial charge >= 0.3 is 6.03 Å². The highest BCUT2D eigenvalue weighted by atomic mass is 79.9. The first kappa shape index (κ1) is 22.1. The summed E-state index contributed by atoms with van der Waals surface area (Å²) < 4.78 is 0.849. The molecule has 30 heavy (non-hydrogen) atoms. The minimum absolute atomic E-state index is 0.172. The van der Waals surface area contributed by atoms with Crippen molar-refractivity contribution in [1.29, 1.82) is 0 Å². The molecule has 3 rings (SSSR count). The van der Waals surface area contributed by atoms with E-state index in [9.17, 15) is 9.59 Å². The number of carbonyl (C=O) groups excluding carboxylic acids is 2. The van der Waals surface area contributed by atoms with Crippen LogP contribution in [0.4, 0.5) is 10.6 Å². The molecule has 0 bridgehead atoms. The molecule has 2 heterocycles. The summed E-state index contributed by atoms with van der Waals surface area (Å²) in [4.78, 5) is 30.9. The maximum Gasteiger partial charge on any atom is 0.315 e. The van der Waals surface area contributed by atoms with Crippen LogP contribution in [0.3, 0.4) is 0 Å². The van der Waals surface area contributed by atoms with Crippen molar-refractivity contribution in [3.8, 4) is 0 Å². The second-order valence-electron chi connectivity index (χ2n) is 7.30. The van der Waals surface area contributed by atoms with Crippen LogP contribution in [-0.2, 0) is 6.54 Å². The number of anilines is 1. The molecule has 1 aromatic carbocycles. The molecule has 0 unspecified atom stereocenters. The highest BCUT2D eigenvalue weighted by Crippen LogP contribution is 2.17. The van der Waals surface area contributed by atoms with Gasteiger partial charge in [0.25, 0.3) is 5.91 Å². The molecule has 0 aliphatic carbocycles. The molecule has 3 N–H and O–H groups in total. The molecule has 8 heteroatoms. The predicted octanol–water partition coefficient (Wildman–Crippen LogP) is 3.45. The second-order valence-corrected chi connectivity index (χ2v) is 8.22. The summed E-state index contributed by atoms with van der Waals surface area (Å²) in [5, 5.41) is 8.33. The topological polar surface area (TPSA) is 86.4 Å². The second kappa shape index (κ2) is 11.5. The van der Waals surface area contributed by atoms with Gasteiger partial charge in [0.1, 0.15) is 5.82 Å².